The average Bonchev–Trinajstić information content (AvgIpc) is 2.75. The number of benzene rings is 1. The molecule has 96 valence electrons. The van der Waals surface area contributed by atoms with E-state index in [0.29, 0.717) is 11.3 Å². The molecule has 2 rings (SSSR count). The fourth-order valence-electron chi connectivity index (χ4n) is 1.91. The van der Waals surface area contributed by atoms with E-state index in [9.17, 15) is 9.50 Å². The predicted octanol–water partition coefficient (Wildman–Crippen LogP) is 3.91. The van der Waals surface area contributed by atoms with Crippen LogP contribution in [0.1, 0.15) is 18.1 Å². The zero-order valence-corrected chi connectivity index (χ0v) is 12.3. The summed E-state index contributed by atoms with van der Waals surface area (Å²) in [4.78, 5) is 0. The van der Waals surface area contributed by atoms with Gasteiger partial charge < -0.3 is 9.84 Å². The summed E-state index contributed by atoms with van der Waals surface area (Å²) in [6.07, 6.45) is 0. The van der Waals surface area contributed by atoms with Crippen LogP contribution < -0.4 is 4.74 Å². The Morgan fingerprint density at radius 2 is 2.11 bits per heavy atom. The standard InChI is InChI=1S/C13H12BrFO2S/c1-13(16,8-6-18-7-9(8)14)12-10(15)4-3-5-11(12)17-2/h3-7,16H,1-2H3. The van der Waals surface area contributed by atoms with Gasteiger partial charge in [-0.2, -0.15) is 11.3 Å². The number of ether oxygens (including phenoxy) is 1. The van der Waals surface area contributed by atoms with Gasteiger partial charge in [0, 0.05) is 15.4 Å². The molecule has 0 aliphatic heterocycles. The van der Waals surface area contributed by atoms with Crippen molar-refractivity contribution in [1.82, 2.24) is 0 Å². The second kappa shape index (κ2) is 4.99. The topological polar surface area (TPSA) is 29.5 Å². The summed E-state index contributed by atoms with van der Waals surface area (Å²) in [5.74, 6) is -0.157. The third kappa shape index (κ3) is 2.18. The zero-order valence-electron chi connectivity index (χ0n) is 9.91. The maximum Gasteiger partial charge on any atom is 0.133 e. The summed E-state index contributed by atoms with van der Waals surface area (Å²) in [5, 5.41) is 14.3. The molecule has 1 aromatic carbocycles. The summed E-state index contributed by atoms with van der Waals surface area (Å²) < 4.78 is 19.9. The molecule has 1 N–H and O–H groups in total. The van der Waals surface area contributed by atoms with Gasteiger partial charge in [0.1, 0.15) is 17.2 Å². The minimum Gasteiger partial charge on any atom is -0.496 e. The molecule has 1 aromatic heterocycles. The van der Waals surface area contributed by atoms with E-state index >= 15 is 0 Å². The van der Waals surface area contributed by atoms with Crippen molar-refractivity contribution >= 4 is 27.3 Å². The number of hydrogen-bond acceptors (Lipinski definition) is 3. The Kier molecular flexibility index (Phi) is 3.75. The van der Waals surface area contributed by atoms with E-state index in [1.165, 1.54) is 24.5 Å². The first-order valence-electron chi connectivity index (χ1n) is 5.26. The lowest BCUT2D eigenvalue weighted by Crippen LogP contribution is -2.25. The molecule has 0 aliphatic rings. The number of thiophene rings is 1. The molecule has 0 saturated heterocycles. The highest BCUT2D eigenvalue weighted by atomic mass is 79.9. The minimum atomic E-state index is -1.45. The molecule has 18 heavy (non-hydrogen) atoms. The Bertz CT molecular complexity index is 566. The van der Waals surface area contributed by atoms with Crippen LogP contribution >= 0.6 is 27.3 Å². The molecule has 5 heteroatoms. The molecule has 1 atom stereocenters. The number of halogens is 2. The normalized spacial score (nSPS) is 14.3. The first kappa shape index (κ1) is 13.5. The summed E-state index contributed by atoms with van der Waals surface area (Å²) in [7, 11) is 1.46. The van der Waals surface area contributed by atoms with Gasteiger partial charge in [0.2, 0.25) is 0 Å². The van der Waals surface area contributed by atoms with Crippen LogP contribution in [0.3, 0.4) is 0 Å². The Morgan fingerprint density at radius 1 is 1.39 bits per heavy atom. The maximum absolute atomic E-state index is 14.0. The lowest BCUT2D eigenvalue weighted by atomic mass is 9.89. The monoisotopic (exact) mass is 330 g/mol. The number of rotatable bonds is 3. The van der Waals surface area contributed by atoms with Crippen molar-refractivity contribution in [3.8, 4) is 5.75 Å². The summed E-state index contributed by atoms with van der Waals surface area (Å²) in [5.41, 5.74) is -0.683. The Labute approximate surface area is 117 Å². The van der Waals surface area contributed by atoms with Gasteiger partial charge in [0.25, 0.3) is 0 Å². The molecule has 0 saturated carbocycles. The first-order chi connectivity index (χ1) is 8.48. The number of aliphatic hydroxyl groups is 1. The van der Waals surface area contributed by atoms with Crippen molar-refractivity contribution < 1.29 is 14.2 Å². The van der Waals surface area contributed by atoms with E-state index in [0.717, 1.165) is 4.47 Å². The molecule has 2 aromatic rings. The van der Waals surface area contributed by atoms with Crippen molar-refractivity contribution in [2.45, 2.75) is 12.5 Å². The number of methoxy groups -OCH3 is 1. The largest absolute Gasteiger partial charge is 0.496 e. The van der Waals surface area contributed by atoms with Crippen molar-refractivity contribution in [3.63, 3.8) is 0 Å². The molecule has 2 nitrogen and oxygen atoms in total. The highest BCUT2D eigenvalue weighted by Crippen LogP contribution is 2.41. The second-order valence-corrected chi connectivity index (χ2v) is 5.62. The van der Waals surface area contributed by atoms with Gasteiger partial charge in [-0.15, -0.1) is 0 Å². The van der Waals surface area contributed by atoms with Crippen LogP contribution in [0.2, 0.25) is 0 Å². The van der Waals surface area contributed by atoms with Gasteiger partial charge in [0.15, 0.2) is 0 Å². The molecule has 1 heterocycles. The third-order valence-electron chi connectivity index (χ3n) is 2.82. The molecule has 0 bridgehead atoms. The SMILES string of the molecule is COc1cccc(F)c1C(C)(O)c1cscc1Br. The van der Waals surface area contributed by atoms with Crippen LogP contribution in [0.25, 0.3) is 0 Å². The van der Waals surface area contributed by atoms with Crippen molar-refractivity contribution in [2.75, 3.05) is 7.11 Å². The van der Waals surface area contributed by atoms with Gasteiger partial charge >= 0.3 is 0 Å². The van der Waals surface area contributed by atoms with Crippen LogP contribution in [0, 0.1) is 5.82 Å². The molecular weight excluding hydrogens is 319 g/mol. The van der Waals surface area contributed by atoms with E-state index in [1.807, 2.05) is 5.38 Å². The van der Waals surface area contributed by atoms with E-state index in [4.69, 9.17) is 4.74 Å². The summed E-state index contributed by atoms with van der Waals surface area (Å²) >= 11 is 4.79. The second-order valence-electron chi connectivity index (χ2n) is 4.02. The molecule has 0 spiro atoms. The van der Waals surface area contributed by atoms with Gasteiger partial charge in [-0.05, 0) is 40.4 Å². The molecular formula is C13H12BrFO2S. The van der Waals surface area contributed by atoms with Crippen LogP contribution in [0.15, 0.2) is 33.4 Å². The maximum atomic E-state index is 14.0. The van der Waals surface area contributed by atoms with E-state index in [-0.39, 0.29) is 5.56 Å². The highest BCUT2D eigenvalue weighted by Gasteiger charge is 2.34. The van der Waals surface area contributed by atoms with Crippen molar-refractivity contribution in [1.29, 1.82) is 0 Å². The van der Waals surface area contributed by atoms with Gasteiger partial charge in [-0.1, -0.05) is 6.07 Å². The van der Waals surface area contributed by atoms with Crippen LogP contribution in [0.4, 0.5) is 4.39 Å². The van der Waals surface area contributed by atoms with Crippen LogP contribution in [-0.2, 0) is 5.60 Å². The fourth-order valence-corrected chi connectivity index (χ4v) is 3.69. The average molecular weight is 331 g/mol. The Hall–Kier alpha value is -0.910. The van der Waals surface area contributed by atoms with Crippen LogP contribution in [0.5, 0.6) is 5.75 Å². The van der Waals surface area contributed by atoms with E-state index in [1.54, 1.807) is 24.4 Å². The molecule has 0 radical (unpaired) electrons. The summed E-state index contributed by atoms with van der Waals surface area (Å²) in [6, 6.07) is 4.50. The lowest BCUT2D eigenvalue weighted by molar-refractivity contribution is 0.0942. The smallest absolute Gasteiger partial charge is 0.133 e. The molecule has 0 aliphatic carbocycles. The Morgan fingerprint density at radius 3 is 2.67 bits per heavy atom. The summed E-state index contributed by atoms with van der Waals surface area (Å²) in [6.45, 7) is 1.56. The van der Waals surface area contributed by atoms with Crippen molar-refractivity contribution in [2.24, 2.45) is 0 Å². The van der Waals surface area contributed by atoms with E-state index < -0.39 is 11.4 Å². The molecule has 1 unspecified atom stereocenters. The predicted molar refractivity (Wildman–Crippen MR) is 73.6 cm³/mol. The molecule has 0 amide bonds. The molecule has 0 fully saturated rings. The third-order valence-corrected chi connectivity index (χ3v) is 4.52. The number of hydrogen-bond donors (Lipinski definition) is 1. The minimum absolute atomic E-state index is 0.145. The lowest BCUT2D eigenvalue weighted by Gasteiger charge is -2.26. The fraction of sp³-hybridized carbons (Fsp3) is 0.231. The Balaban J connectivity index is 2.64. The van der Waals surface area contributed by atoms with E-state index in [2.05, 4.69) is 15.9 Å². The quantitative estimate of drug-likeness (QED) is 0.924. The van der Waals surface area contributed by atoms with Gasteiger partial charge in [-0.25, -0.2) is 4.39 Å². The van der Waals surface area contributed by atoms with Crippen molar-refractivity contribution in [3.05, 3.63) is 50.4 Å². The zero-order chi connectivity index (χ0) is 13.3. The highest BCUT2D eigenvalue weighted by molar-refractivity contribution is 9.10. The van der Waals surface area contributed by atoms with Gasteiger partial charge in [-0.3, -0.25) is 0 Å². The van der Waals surface area contributed by atoms with Gasteiger partial charge in [0.05, 0.1) is 12.7 Å². The first-order valence-corrected chi connectivity index (χ1v) is 6.99. The van der Waals surface area contributed by atoms with Crippen LogP contribution in [-0.4, -0.2) is 12.2 Å².